The second kappa shape index (κ2) is 10.5. The van der Waals surface area contributed by atoms with Crippen molar-refractivity contribution in [1.82, 2.24) is 0 Å². The summed E-state index contributed by atoms with van der Waals surface area (Å²) in [6.45, 7) is 9.07. The van der Waals surface area contributed by atoms with Gasteiger partial charge in [-0.3, -0.25) is 0 Å². The summed E-state index contributed by atoms with van der Waals surface area (Å²) in [5, 5.41) is 21.1. The maximum Gasteiger partial charge on any atom is 0.119 e. The molecule has 2 N–H and O–H groups in total. The summed E-state index contributed by atoms with van der Waals surface area (Å²) in [7, 11) is 0. The highest BCUT2D eigenvalue weighted by molar-refractivity contribution is 5.42. The Balaban J connectivity index is 2.13. The van der Waals surface area contributed by atoms with Crippen molar-refractivity contribution >= 4 is 0 Å². The molecule has 1 aromatic carbocycles. The van der Waals surface area contributed by atoms with Crippen molar-refractivity contribution in [2.45, 2.75) is 116 Å². The molecule has 2 nitrogen and oxygen atoms in total. The highest BCUT2D eigenvalue weighted by Crippen LogP contribution is 2.44. The Hall–Kier alpha value is -1.02. The number of rotatable bonds is 10. The van der Waals surface area contributed by atoms with Crippen LogP contribution in [0.15, 0.2) is 18.2 Å². The van der Waals surface area contributed by atoms with Crippen LogP contribution in [0.4, 0.5) is 0 Å². The summed E-state index contributed by atoms with van der Waals surface area (Å²) >= 11 is 0. The Bertz CT molecular complexity index is 561. The van der Waals surface area contributed by atoms with Crippen molar-refractivity contribution in [3.8, 4) is 5.75 Å². The molecule has 0 saturated heterocycles. The van der Waals surface area contributed by atoms with Gasteiger partial charge in [-0.1, -0.05) is 78.4 Å². The summed E-state index contributed by atoms with van der Waals surface area (Å²) < 4.78 is 0. The zero-order chi connectivity index (χ0) is 19.9. The van der Waals surface area contributed by atoms with Gasteiger partial charge in [0.2, 0.25) is 0 Å². The van der Waals surface area contributed by atoms with Gasteiger partial charge in [0.15, 0.2) is 0 Å². The minimum Gasteiger partial charge on any atom is -0.508 e. The lowest BCUT2D eigenvalue weighted by molar-refractivity contribution is 0.0897. The topological polar surface area (TPSA) is 40.5 Å². The van der Waals surface area contributed by atoms with E-state index in [0.29, 0.717) is 17.6 Å². The fraction of sp³-hybridized carbons (Fsp3) is 0.760. The third kappa shape index (κ3) is 6.24. The number of aromatic hydroxyl groups is 1. The Morgan fingerprint density at radius 1 is 1.00 bits per heavy atom. The summed E-state index contributed by atoms with van der Waals surface area (Å²) in [6.07, 6.45) is 12.5. The normalized spacial score (nSPS) is 23.5. The number of hydrogen-bond donors (Lipinski definition) is 2. The van der Waals surface area contributed by atoms with E-state index in [1.165, 1.54) is 50.5 Å². The Kier molecular flexibility index (Phi) is 8.66. The first-order chi connectivity index (χ1) is 12.9. The second-order valence-corrected chi connectivity index (χ2v) is 9.44. The molecule has 1 aliphatic carbocycles. The first kappa shape index (κ1) is 22.3. The predicted octanol–water partition coefficient (Wildman–Crippen LogP) is 7.08. The third-order valence-corrected chi connectivity index (χ3v) is 6.76. The van der Waals surface area contributed by atoms with E-state index in [2.05, 4.69) is 39.8 Å². The minimum absolute atomic E-state index is 0.0947. The van der Waals surface area contributed by atoms with Gasteiger partial charge in [-0.2, -0.15) is 0 Å². The van der Waals surface area contributed by atoms with E-state index in [1.54, 1.807) is 0 Å². The van der Waals surface area contributed by atoms with E-state index in [4.69, 9.17) is 0 Å². The monoisotopic (exact) mass is 374 g/mol. The molecule has 1 fully saturated rings. The van der Waals surface area contributed by atoms with E-state index >= 15 is 0 Å². The lowest BCUT2D eigenvalue weighted by Crippen LogP contribution is -2.26. The van der Waals surface area contributed by atoms with Gasteiger partial charge in [-0.25, -0.2) is 0 Å². The van der Waals surface area contributed by atoms with E-state index in [-0.39, 0.29) is 11.5 Å². The Labute approximate surface area is 167 Å². The van der Waals surface area contributed by atoms with Crippen molar-refractivity contribution in [2.24, 2.45) is 5.92 Å². The molecule has 0 amide bonds. The van der Waals surface area contributed by atoms with Crippen LogP contribution in [0, 0.1) is 5.92 Å². The fourth-order valence-electron chi connectivity index (χ4n) is 4.82. The number of phenolic OH excluding ortho intramolecular Hbond substituents is 1. The van der Waals surface area contributed by atoms with Gasteiger partial charge >= 0.3 is 0 Å². The van der Waals surface area contributed by atoms with Gasteiger partial charge in [-0.15, -0.1) is 0 Å². The van der Waals surface area contributed by atoms with Crippen molar-refractivity contribution < 1.29 is 10.2 Å². The van der Waals surface area contributed by atoms with Crippen LogP contribution in [0.3, 0.4) is 0 Å². The lowest BCUT2D eigenvalue weighted by Gasteiger charge is -2.35. The van der Waals surface area contributed by atoms with Crippen LogP contribution in [0.25, 0.3) is 0 Å². The average Bonchev–Trinajstić information content (AvgIpc) is 2.64. The summed E-state index contributed by atoms with van der Waals surface area (Å²) in [6, 6.07) is 6.39. The van der Waals surface area contributed by atoms with Gasteiger partial charge < -0.3 is 10.2 Å². The molecule has 2 rings (SSSR count). The smallest absolute Gasteiger partial charge is 0.119 e. The van der Waals surface area contributed by atoms with E-state index < -0.39 is 0 Å². The van der Waals surface area contributed by atoms with Gasteiger partial charge in [-0.05, 0) is 66.5 Å². The Morgan fingerprint density at radius 2 is 1.74 bits per heavy atom. The molecule has 27 heavy (non-hydrogen) atoms. The van der Waals surface area contributed by atoms with E-state index in [9.17, 15) is 10.2 Å². The summed E-state index contributed by atoms with van der Waals surface area (Å²) in [4.78, 5) is 0. The molecule has 1 aromatic rings. The lowest BCUT2D eigenvalue weighted by atomic mass is 9.71. The number of phenols is 1. The third-order valence-electron chi connectivity index (χ3n) is 6.76. The summed E-state index contributed by atoms with van der Waals surface area (Å²) in [5.41, 5.74) is 2.39. The van der Waals surface area contributed by atoms with Crippen LogP contribution >= 0.6 is 0 Å². The predicted molar refractivity (Wildman–Crippen MR) is 116 cm³/mol. The molecule has 0 bridgehead atoms. The standard InChI is InChI=1S/C25H42O2/c1-5-7-9-10-16-25(3,4)20-13-15-22(24(27)17-20)23-18-21(26)14-12-19(23)11-8-6-2/h13,15,17,19,21,23,26-27H,5-12,14,16,18H2,1-4H3. The van der Waals surface area contributed by atoms with Crippen LogP contribution in [-0.4, -0.2) is 16.3 Å². The summed E-state index contributed by atoms with van der Waals surface area (Å²) in [5.74, 6) is 1.32. The molecule has 2 heteroatoms. The molecule has 1 aliphatic rings. The molecule has 0 heterocycles. The van der Waals surface area contributed by atoms with Gasteiger partial charge in [0, 0.05) is 0 Å². The molecule has 0 radical (unpaired) electrons. The van der Waals surface area contributed by atoms with E-state index in [1.807, 2.05) is 6.07 Å². The first-order valence-corrected chi connectivity index (χ1v) is 11.4. The number of aliphatic hydroxyl groups is 1. The molecule has 0 aromatic heterocycles. The van der Waals surface area contributed by atoms with Crippen molar-refractivity contribution in [3.05, 3.63) is 29.3 Å². The highest BCUT2D eigenvalue weighted by atomic mass is 16.3. The molecule has 3 atom stereocenters. The van der Waals surface area contributed by atoms with Gasteiger partial charge in [0.25, 0.3) is 0 Å². The van der Waals surface area contributed by atoms with Crippen molar-refractivity contribution in [2.75, 3.05) is 0 Å². The quantitative estimate of drug-likeness (QED) is 0.430. The van der Waals surface area contributed by atoms with Gasteiger partial charge in [0.05, 0.1) is 6.10 Å². The van der Waals surface area contributed by atoms with Crippen LogP contribution < -0.4 is 0 Å². The number of aliphatic hydroxyl groups excluding tert-OH is 1. The second-order valence-electron chi connectivity index (χ2n) is 9.44. The molecule has 0 aliphatic heterocycles. The van der Waals surface area contributed by atoms with E-state index in [0.717, 1.165) is 31.2 Å². The fourth-order valence-corrected chi connectivity index (χ4v) is 4.82. The zero-order valence-corrected chi connectivity index (χ0v) is 18.1. The Morgan fingerprint density at radius 3 is 2.41 bits per heavy atom. The van der Waals surface area contributed by atoms with Crippen molar-refractivity contribution in [1.29, 1.82) is 0 Å². The number of unbranched alkanes of at least 4 members (excludes halogenated alkanes) is 4. The van der Waals surface area contributed by atoms with Crippen LogP contribution in [0.5, 0.6) is 5.75 Å². The molecular weight excluding hydrogens is 332 g/mol. The molecule has 0 spiro atoms. The maximum absolute atomic E-state index is 10.9. The molecule has 3 unspecified atom stereocenters. The molecule has 1 saturated carbocycles. The maximum atomic E-state index is 10.9. The largest absolute Gasteiger partial charge is 0.508 e. The SMILES string of the molecule is CCCCCCC(C)(C)c1ccc(C2CC(O)CCC2CCCC)c(O)c1. The molecular formula is C25H42O2. The van der Waals surface area contributed by atoms with Gasteiger partial charge in [0.1, 0.15) is 5.75 Å². The van der Waals surface area contributed by atoms with Crippen LogP contribution in [-0.2, 0) is 5.41 Å². The van der Waals surface area contributed by atoms with Crippen molar-refractivity contribution in [3.63, 3.8) is 0 Å². The highest BCUT2D eigenvalue weighted by Gasteiger charge is 2.32. The minimum atomic E-state index is -0.220. The first-order valence-electron chi connectivity index (χ1n) is 11.4. The molecule has 154 valence electrons. The average molecular weight is 375 g/mol. The van der Waals surface area contributed by atoms with Crippen LogP contribution in [0.2, 0.25) is 0 Å². The van der Waals surface area contributed by atoms with Crippen LogP contribution in [0.1, 0.15) is 115 Å². The number of benzene rings is 1. The zero-order valence-electron chi connectivity index (χ0n) is 18.1. The number of hydrogen-bond acceptors (Lipinski definition) is 2.